The van der Waals surface area contributed by atoms with Crippen LogP contribution in [0.5, 0.6) is 0 Å². The van der Waals surface area contributed by atoms with Gasteiger partial charge in [0.15, 0.2) is 0 Å². The van der Waals surface area contributed by atoms with Crippen LogP contribution in [0.2, 0.25) is 0 Å². The Labute approximate surface area is 92.1 Å². The first kappa shape index (κ1) is 11.6. The summed E-state index contributed by atoms with van der Waals surface area (Å²) in [6.07, 6.45) is 1.21. The number of hydrogen-bond donors (Lipinski definition) is 0. The summed E-state index contributed by atoms with van der Waals surface area (Å²) in [6.45, 7) is 6.78. The zero-order chi connectivity index (χ0) is 10.4. The molecule has 0 aliphatic carbocycles. The molecule has 0 fully saturated rings. The predicted octanol–water partition coefficient (Wildman–Crippen LogP) is 4.14. The number of thioether (sulfide) groups is 1. The summed E-state index contributed by atoms with van der Waals surface area (Å²) in [4.78, 5) is 0. The van der Waals surface area contributed by atoms with Gasteiger partial charge in [0.2, 0.25) is 0 Å². The first-order valence-corrected chi connectivity index (χ1v) is 6.54. The normalized spacial score (nSPS) is 10.9. The lowest BCUT2D eigenvalue weighted by atomic mass is 9.99. The van der Waals surface area contributed by atoms with E-state index in [1.807, 2.05) is 11.8 Å². The van der Waals surface area contributed by atoms with Gasteiger partial charge in [0, 0.05) is 5.75 Å². The number of benzene rings is 1. The molecule has 1 heteroatoms. The smallest absolute Gasteiger partial charge is 0.0187 e. The Hall–Kier alpha value is -0.430. The van der Waals surface area contributed by atoms with Crippen molar-refractivity contribution in [2.45, 2.75) is 32.9 Å². The van der Waals surface area contributed by atoms with Crippen LogP contribution >= 0.6 is 11.8 Å². The van der Waals surface area contributed by atoms with Crippen molar-refractivity contribution < 1.29 is 0 Å². The molecule has 0 heterocycles. The molecule has 0 saturated heterocycles. The second kappa shape index (κ2) is 6.13. The van der Waals surface area contributed by atoms with Gasteiger partial charge in [-0.1, -0.05) is 45.0 Å². The molecule has 0 spiro atoms. The fraction of sp³-hybridized carbons (Fsp3) is 0.538. The fourth-order valence-corrected chi connectivity index (χ4v) is 2.25. The van der Waals surface area contributed by atoms with E-state index in [0.29, 0.717) is 0 Å². The highest BCUT2D eigenvalue weighted by Gasteiger charge is 2.03. The van der Waals surface area contributed by atoms with Crippen molar-refractivity contribution in [3.05, 3.63) is 35.4 Å². The molecule has 0 radical (unpaired) electrons. The molecule has 1 aromatic carbocycles. The van der Waals surface area contributed by atoms with Crippen LogP contribution in [0, 0.1) is 5.92 Å². The monoisotopic (exact) mass is 208 g/mol. The average molecular weight is 208 g/mol. The van der Waals surface area contributed by atoms with E-state index in [9.17, 15) is 0 Å². The Morgan fingerprint density at radius 2 is 1.79 bits per heavy atom. The SMILES string of the molecule is CCSCc1ccccc1CC(C)C. The molecule has 0 nitrogen and oxygen atoms in total. The van der Waals surface area contributed by atoms with Gasteiger partial charge in [-0.2, -0.15) is 11.8 Å². The van der Waals surface area contributed by atoms with Crippen molar-refractivity contribution in [1.82, 2.24) is 0 Å². The van der Waals surface area contributed by atoms with Crippen LogP contribution in [-0.2, 0) is 12.2 Å². The van der Waals surface area contributed by atoms with E-state index in [1.165, 1.54) is 29.1 Å². The standard InChI is InChI=1S/C13H20S/c1-4-14-10-13-8-6-5-7-12(13)9-11(2)3/h5-8,11H,4,9-10H2,1-3H3. The first-order chi connectivity index (χ1) is 6.74. The van der Waals surface area contributed by atoms with Gasteiger partial charge < -0.3 is 0 Å². The van der Waals surface area contributed by atoms with Gasteiger partial charge in [0.05, 0.1) is 0 Å². The highest BCUT2D eigenvalue weighted by Crippen LogP contribution is 2.19. The third-order valence-electron chi connectivity index (χ3n) is 2.21. The van der Waals surface area contributed by atoms with E-state index in [4.69, 9.17) is 0 Å². The Morgan fingerprint density at radius 1 is 1.14 bits per heavy atom. The second-order valence-electron chi connectivity index (χ2n) is 4.00. The van der Waals surface area contributed by atoms with E-state index in [2.05, 4.69) is 45.0 Å². The average Bonchev–Trinajstić information content (AvgIpc) is 2.16. The minimum Gasteiger partial charge on any atom is -0.157 e. The molecule has 14 heavy (non-hydrogen) atoms. The van der Waals surface area contributed by atoms with Crippen LogP contribution in [0.1, 0.15) is 31.9 Å². The van der Waals surface area contributed by atoms with E-state index in [-0.39, 0.29) is 0 Å². The molecule has 0 aliphatic rings. The lowest BCUT2D eigenvalue weighted by molar-refractivity contribution is 0.644. The molecule has 0 amide bonds. The maximum absolute atomic E-state index is 2.28. The van der Waals surface area contributed by atoms with Crippen molar-refractivity contribution in [2.24, 2.45) is 5.92 Å². The molecule has 1 rings (SSSR count). The summed E-state index contributed by atoms with van der Waals surface area (Å²) < 4.78 is 0. The summed E-state index contributed by atoms with van der Waals surface area (Å²) >= 11 is 2.00. The lowest BCUT2D eigenvalue weighted by Gasteiger charge is -2.10. The van der Waals surface area contributed by atoms with Crippen molar-refractivity contribution >= 4 is 11.8 Å². The third-order valence-corrected chi connectivity index (χ3v) is 3.13. The van der Waals surface area contributed by atoms with Gasteiger partial charge in [-0.25, -0.2) is 0 Å². The van der Waals surface area contributed by atoms with Crippen LogP contribution in [0.25, 0.3) is 0 Å². The fourth-order valence-electron chi connectivity index (χ4n) is 1.55. The predicted molar refractivity (Wildman–Crippen MR) is 66.8 cm³/mol. The van der Waals surface area contributed by atoms with E-state index >= 15 is 0 Å². The second-order valence-corrected chi connectivity index (χ2v) is 5.28. The van der Waals surface area contributed by atoms with Crippen LogP contribution in [0.3, 0.4) is 0 Å². The maximum atomic E-state index is 2.28. The lowest BCUT2D eigenvalue weighted by Crippen LogP contribution is -1.98. The van der Waals surface area contributed by atoms with Gasteiger partial charge in [-0.3, -0.25) is 0 Å². The van der Waals surface area contributed by atoms with E-state index in [0.717, 1.165) is 5.92 Å². The Kier molecular flexibility index (Phi) is 5.10. The third kappa shape index (κ3) is 3.75. The van der Waals surface area contributed by atoms with Gasteiger partial charge in [-0.05, 0) is 29.2 Å². The van der Waals surface area contributed by atoms with Crippen molar-refractivity contribution in [2.75, 3.05) is 5.75 Å². The summed E-state index contributed by atoms with van der Waals surface area (Å²) in [7, 11) is 0. The van der Waals surface area contributed by atoms with Gasteiger partial charge in [0.1, 0.15) is 0 Å². The quantitative estimate of drug-likeness (QED) is 0.701. The maximum Gasteiger partial charge on any atom is 0.0187 e. The Balaban J connectivity index is 2.69. The molecule has 0 saturated carbocycles. The molecule has 0 unspecified atom stereocenters. The molecular formula is C13H20S. The van der Waals surface area contributed by atoms with Crippen LogP contribution in [0.4, 0.5) is 0 Å². The van der Waals surface area contributed by atoms with Crippen molar-refractivity contribution in [3.8, 4) is 0 Å². The van der Waals surface area contributed by atoms with E-state index in [1.54, 1.807) is 0 Å². The summed E-state index contributed by atoms with van der Waals surface area (Å²) in [5.41, 5.74) is 3.05. The minimum atomic E-state index is 0.753. The zero-order valence-electron chi connectivity index (χ0n) is 9.42. The van der Waals surface area contributed by atoms with Crippen molar-refractivity contribution in [1.29, 1.82) is 0 Å². The minimum absolute atomic E-state index is 0.753. The molecule has 0 aromatic heterocycles. The molecule has 1 aromatic rings. The summed E-state index contributed by atoms with van der Waals surface area (Å²) in [5.74, 6) is 3.12. The van der Waals surface area contributed by atoms with E-state index < -0.39 is 0 Å². The van der Waals surface area contributed by atoms with Crippen LogP contribution < -0.4 is 0 Å². The topological polar surface area (TPSA) is 0 Å². The molecular weight excluding hydrogens is 188 g/mol. The highest BCUT2D eigenvalue weighted by molar-refractivity contribution is 7.98. The molecule has 78 valence electrons. The number of rotatable bonds is 5. The molecule has 0 atom stereocenters. The zero-order valence-corrected chi connectivity index (χ0v) is 10.2. The highest BCUT2D eigenvalue weighted by atomic mass is 32.2. The number of hydrogen-bond acceptors (Lipinski definition) is 1. The first-order valence-electron chi connectivity index (χ1n) is 5.38. The summed E-state index contributed by atoms with van der Waals surface area (Å²) in [6, 6.07) is 8.83. The largest absolute Gasteiger partial charge is 0.157 e. The molecule has 0 N–H and O–H groups in total. The Morgan fingerprint density at radius 3 is 2.36 bits per heavy atom. The summed E-state index contributed by atoms with van der Waals surface area (Å²) in [5, 5.41) is 0. The molecule has 0 aliphatic heterocycles. The molecule has 0 bridgehead atoms. The van der Waals surface area contributed by atoms with Gasteiger partial charge in [0.25, 0.3) is 0 Å². The van der Waals surface area contributed by atoms with Gasteiger partial charge >= 0.3 is 0 Å². The van der Waals surface area contributed by atoms with Crippen LogP contribution in [-0.4, -0.2) is 5.75 Å². The van der Waals surface area contributed by atoms with Crippen LogP contribution in [0.15, 0.2) is 24.3 Å². The van der Waals surface area contributed by atoms with Gasteiger partial charge in [-0.15, -0.1) is 0 Å². The Bertz CT molecular complexity index is 266. The van der Waals surface area contributed by atoms with Crippen molar-refractivity contribution in [3.63, 3.8) is 0 Å².